The fourth-order valence-electron chi connectivity index (χ4n) is 3.46. The van der Waals surface area contributed by atoms with Gasteiger partial charge in [0.15, 0.2) is 5.13 Å². The van der Waals surface area contributed by atoms with E-state index in [0.717, 1.165) is 30.1 Å². The van der Waals surface area contributed by atoms with Crippen LogP contribution in [0.5, 0.6) is 0 Å². The third-order valence-corrected chi connectivity index (χ3v) is 5.87. The van der Waals surface area contributed by atoms with E-state index in [1.54, 1.807) is 11.3 Å². The number of nitrogens with zero attached hydrogens (tertiary/aromatic N) is 1. The highest BCUT2D eigenvalue weighted by molar-refractivity contribution is 7.15. The molecule has 2 N–H and O–H groups in total. The molecule has 1 heterocycles. The normalized spacial score (nSPS) is 28.1. The van der Waals surface area contributed by atoms with Gasteiger partial charge in [-0.05, 0) is 37.5 Å². The number of anilines is 1. The first-order chi connectivity index (χ1) is 9.47. The summed E-state index contributed by atoms with van der Waals surface area (Å²) >= 11 is 1.66. The van der Waals surface area contributed by atoms with E-state index >= 15 is 0 Å². The van der Waals surface area contributed by atoms with Crippen molar-refractivity contribution < 1.29 is 9.90 Å². The quantitative estimate of drug-likeness (QED) is 0.893. The molecule has 2 aliphatic carbocycles. The molecule has 1 fully saturated rings. The molecule has 0 spiro atoms. The standard InChI is InChI=1S/C15H22N2O2S/c1-15(2)8-4-7-11(15)16-14-17-12-9(13(18)19)5-3-6-10(12)20-14/h9,11H,3-8H2,1-2H3,(H,16,17)(H,18,19). The lowest BCUT2D eigenvalue weighted by Crippen LogP contribution is -2.30. The predicted octanol–water partition coefficient (Wildman–Crippen LogP) is 3.64. The molecule has 1 aromatic rings. The molecule has 2 atom stereocenters. The van der Waals surface area contributed by atoms with Gasteiger partial charge in [0, 0.05) is 10.9 Å². The van der Waals surface area contributed by atoms with Crippen molar-refractivity contribution >= 4 is 22.4 Å². The molecule has 0 amide bonds. The molecule has 4 nitrogen and oxygen atoms in total. The third-order valence-electron chi connectivity index (χ3n) is 4.81. The average molecular weight is 294 g/mol. The molecule has 1 saturated carbocycles. The minimum atomic E-state index is -0.732. The maximum Gasteiger partial charge on any atom is 0.312 e. The van der Waals surface area contributed by atoms with Crippen LogP contribution in [0.2, 0.25) is 0 Å². The molecular weight excluding hydrogens is 272 g/mol. The van der Waals surface area contributed by atoms with Gasteiger partial charge < -0.3 is 10.4 Å². The number of rotatable bonds is 3. The van der Waals surface area contributed by atoms with Gasteiger partial charge in [-0.15, -0.1) is 11.3 Å². The molecule has 0 aliphatic heterocycles. The van der Waals surface area contributed by atoms with Crippen molar-refractivity contribution in [2.75, 3.05) is 5.32 Å². The summed E-state index contributed by atoms with van der Waals surface area (Å²) in [5, 5.41) is 13.8. The molecule has 0 aromatic carbocycles. The van der Waals surface area contributed by atoms with Crippen LogP contribution in [-0.4, -0.2) is 22.1 Å². The number of carboxylic acids is 1. The summed E-state index contributed by atoms with van der Waals surface area (Å²) in [5.41, 5.74) is 1.12. The topological polar surface area (TPSA) is 62.2 Å². The lowest BCUT2D eigenvalue weighted by atomic mass is 9.87. The van der Waals surface area contributed by atoms with Crippen molar-refractivity contribution in [1.29, 1.82) is 0 Å². The molecule has 0 radical (unpaired) electrons. The zero-order valence-electron chi connectivity index (χ0n) is 12.1. The van der Waals surface area contributed by atoms with Crippen LogP contribution in [0.3, 0.4) is 0 Å². The Balaban J connectivity index is 1.81. The zero-order valence-corrected chi connectivity index (χ0v) is 12.9. The number of nitrogens with one attached hydrogen (secondary N) is 1. The van der Waals surface area contributed by atoms with Crippen LogP contribution >= 0.6 is 11.3 Å². The number of aromatic nitrogens is 1. The fraction of sp³-hybridized carbons (Fsp3) is 0.733. The van der Waals surface area contributed by atoms with Crippen molar-refractivity contribution in [2.45, 2.75) is 64.3 Å². The SMILES string of the molecule is CC1(C)CCCC1Nc1nc2c(s1)CCCC2C(=O)O. The van der Waals surface area contributed by atoms with Crippen LogP contribution in [0.15, 0.2) is 0 Å². The Morgan fingerprint density at radius 3 is 2.85 bits per heavy atom. The molecule has 3 rings (SSSR count). The molecule has 110 valence electrons. The molecule has 0 saturated heterocycles. The number of carboxylic acid groups (broad SMARTS) is 1. The number of carbonyl (C=O) groups is 1. The zero-order chi connectivity index (χ0) is 14.3. The van der Waals surface area contributed by atoms with E-state index in [-0.39, 0.29) is 0 Å². The van der Waals surface area contributed by atoms with E-state index < -0.39 is 11.9 Å². The van der Waals surface area contributed by atoms with Gasteiger partial charge in [0.2, 0.25) is 0 Å². The van der Waals surface area contributed by atoms with E-state index in [1.807, 2.05) is 0 Å². The van der Waals surface area contributed by atoms with Gasteiger partial charge in [0.05, 0.1) is 5.69 Å². The first-order valence-corrected chi connectivity index (χ1v) is 8.28. The van der Waals surface area contributed by atoms with Crippen LogP contribution in [0, 0.1) is 5.41 Å². The Morgan fingerprint density at radius 2 is 2.20 bits per heavy atom. The van der Waals surface area contributed by atoms with Crippen molar-refractivity contribution in [3.63, 3.8) is 0 Å². The Bertz CT molecular complexity index is 524. The minimum Gasteiger partial charge on any atom is -0.481 e. The van der Waals surface area contributed by atoms with E-state index in [1.165, 1.54) is 24.1 Å². The molecule has 5 heteroatoms. The van der Waals surface area contributed by atoms with Crippen LogP contribution in [0.25, 0.3) is 0 Å². The highest BCUT2D eigenvalue weighted by atomic mass is 32.1. The summed E-state index contributed by atoms with van der Waals surface area (Å²) in [6.45, 7) is 4.59. The van der Waals surface area contributed by atoms with Gasteiger partial charge in [0.1, 0.15) is 5.92 Å². The van der Waals surface area contributed by atoms with E-state index in [2.05, 4.69) is 24.1 Å². The van der Waals surface area contributed by atoms with Crippen molar-refractivity contribution in [3.05, 3.63) is 10.6 Å². The molecule has 0 bridgehead atoms. The van der Waals surface area contributed by atoms with Crippen LogP contribution in [-0.2, 0) is 11.2 Å². The molecule has 2 aliphatic rings. The smallest absolute Gasteiger partial charge is 0.312 e. The van der Waals surface area contributed by atoms with Gasteiger partial charge in [0.25, 0.3) is 0 Å². The Labute approximate surface area is 123 Å². The second-order valence-electron chi connectivity index (χ2n) is 6.69. The van der Waals surface area contributed by atoms with Crippen molar-refractivity contribution in [3.8, 4) is 0 Å². The maximum absolute atomic E-state index is 11.3. The number of aliphatic carboxylic acids is 1. The Kier molecular flexibility index (Phi) is 3.48. The number of fused-ring (bicyclic) bond motifs is 1. The average Bonchev–Trinajstić information content (AvgIpc) is 2.92. The fourth-order valence-corrected chi connectivity index (χ4v) is 4.58. The summed E-state index contributed by atoms with van der Waals surface area (Å²) in [5.74, 6) is -1.13. The summed E-state index contributed by atoms with van der Waals surface area (Å²) in [6, 6.07) is 0.457. The summed E-state index contributed by atoms with van der Waals surface area (Å²) in [7, 11) is 0. The van der Waals surface area contributed by atoms with E-state index in [0.29, 0.717) is 11.5 Å². The van der Waals surface area contributed by atoms with Crippen LogP contribution in [0.1, 0.15) is 62.4 Å². The molecule has 1 aromatic heterocycles. The molecule has 2 unspecified atom stereocenters. The van der Waals surface area contributed by atoms with Crippen molar-refractivity contribution in [2.24, 2.45) is 5.41 Å². The highest BCUT2D eigenvalue weighted by Crippen LogP contribution is 2.41. The minimum absolute atomic E-state index is 0.304. The summed E-state index contributed by atoms with van der Waals surface area (Å²) in [6.07, 6.45) is 6.34. The molecule has 20 heavy (non-hydrogen) atoms. The largest absolute Gasteiger partial charge is 0.481 e. The second kappa shape index (κ2) is 5.02. The maximum atomic E-state index is 11.3. The number of thiazole rings is 1. The predicted molar refractivity (Wildman–Crippen MR) is 80.5 cm³/mol. The van der Waals surface area contributed by atoms with Gasteiger partial charge in [-0.2, -0.15) is 0 Å². The lowest BCUT2D eigenvalue weighted by molar-refractivity contribution is -0.139. The van der Waals surface area contributed by atoms with Crippen LogP contribution < -0.4 is 5.32 Å². The lowest BCUT2D eigenvalue weighted by Gasteiger charge is -2.27. The third kappa shape index (κ3) is 2.43. The van der Waals surface area contributed by atoms with Gasteiger partial charge in [-0.3, -0.25) is 4.79 Å². The van der Waals surface area contributed by atoms with E-state index in [9.17, 15) is 9.90 Å². The Morgan fingerprint density at radius 1 is 1.40 bits per heavy atom. The van der Waals surface area contributed by atoms with E-state index in [4.69, 9.17) is 0 Å². The second-order valence-corrected chi connectivity index (χ2v) is 7.77. The summed E-state index contributed by atoms with van der Waals surface area (Å²) in [4.78, 5) is 17.1. The summed E-state index contributed by atoms with van der Waals surface area (Å²) < 4.78 is 0. The Hall–Kier alpha value is -1.10. The first kappa shape index (κ1) is 13.9. The molecular formula is C15H22N2O2S. The highest BCUT2D eigenvalue weighted by Gasteiger charge is 2.36. The first-order valence-electron chi connectivity index (χ1n) is 7.46. The number of hydrogen-bond acceptors (Lipinski definition) is 4. The number of hydrogen-bond donors (Lipinski definition) is 2. The van der Waals surface area contributed by atoms with Crippen LogP contribution in [0.4, 0.5) is 5.13 Å². The van der Waals surface area contributed by atoms with Gasteiger partial charge >= 0.3 is 5.97 Å². The van der Waals surface area contributed by atoms with Crippen molar-refractivity contribution in [1.82, 2.24) is 4.98 Å². The van der Waals surface area contributed by atoms with Gasteiger partial charge in [-0.25, -0.2) is 4.98 Å². The number of aryl methyl sites for hydroxylation is 1. The monoisotopic (exact) mass is 294 g/mol. The van der Waals surface area contributed by atoms with Gasteiger partial charge in [-0.1, -0.05) is 20.3 Å².